The third kappa shape index (κ3) is 3.29. The summed E-state index contributed by atoms with van der Waals surface area (Å²) in [6, 6.07) is 3.52. The highest BCUT2D eigenvalue weighted by Gasteiger charge is 2.28. The van der Waals surface area contributed by atoms with Crippen LogP contribution in [-0.4, -0.2) is 30.6 Å². The lowest BCUT2D eigenvalue weighted by molar-refractivity contribution is 0.0238. The minimum atomic E-state index is -0.0808. The van der Waals surface area contributed by atoms with E-state index < -0.39 is 0 Å². The predicted molar refractivity (Wildman–Crippen MR) is 72.4 cm³/mol. The van der Waals surface area contributed by atoms with Crippen molar-refractivity contribution in [1.29, 1.82) is 0 Å². The number of ether oxygens (including phenoxy) is 1. The van der Waals surface area contributed by atoms with Gasteiger partial charge < -0.3 is 10.1 Å². The molecular formula is C13H17BrN2O2. The normalized spacial score (nSPS) is 18.3. The monoisotopic (exact) mass is 312 g/mol. The molecule has 1 N–H and O–H groups in total. The van der Waals surface area contributed by atoms with E-state index in [1.165, 1.54) is 0 Å². The molecule has 18 heavy (non-hydrogen) atoms. The predicted octanol–water partition coefficient (Wildman–Crippen LogP) is 2.39. The Morgan fingerprint density at radius 1 is 1.56 bits per heavy atom. The van der Waals surface area contributed by atoms with Crippen LogP contribution in [0.2, 0.25) is 0 Å². The Labute approximate surface area is 115 Å². The number of halogens is 1. The fraction of sp³-hybridized carbons (Fsp3) is 0.538. The van der Waals surface area contributed by atoms with Gasteiger partial charge in [0, 0.05) is 26.0 Å². The van der Waals surface area contributed by atoms with E-state index in [1.807, 2.05) is 0 Å². The summed E-state index contributed by atoms with van der Waals surface area (Å²) in [4.78, 5) is 16.1. The van der Waals surface area contributed by atoms with Gasteiger partial charge >= 0.3 is 0 Å². The molecule has 0 aliphatic carbocycles. The van der Waals surface area contributed by atoms with Gasteiger partial charge in [-0.05, 0) is 46.3 Å². The zero-order valence-electron chi connectivity index (χ0n) is 10.4. The van der Waals surface area contributed by atoms with Crippen LogP contribution in [0, 0.1) is 5.41 Å². The van der Waals surface area contributed by atoms with E-state index in [2.05, 4.69) is 33.2 Å². The molecule has 5 heteroatoms. The summed E-state index contributed by atoms with van der Waals surface area (Å²) in [5, 5.41) is 2.99. The Morgan fingerprint density at radius 3 is 2.94 bits per heavy atom. The van der Waals surface area contributed by atoms with Gasteiger partial charge in [-0.1, -0.05) is 6.92 Å². The van der Waals surface area contributed by atoms with Gasteiger partial charge in [-0.2, -0.15) is 0 Å². The average Bonchev–Trinajstić information content (AvgIpc) is 2.38. The standard InChI is InChI=1S/C13H17BrN2O2/c1-13(4-7-18-8-5-13)9-16-12(17)10-3-2-6-15-11(10)14/h2-3,6H,4-5,7-9H2,1H3,(H,16,17). The van der Waals surface area contributed by atoms with E-state index in [4.69, 9.17) is 4.74 Å². The Hall–Kier alpha value is -0.940. The molecule has 0 bridgehead atoms. The molecule has 2 heterocycles. The Morgan fingerprint density at radius 2 is 2.28 bits per heavy atom. The first kappa shape index (κ1) is 13.5. The van der Waals surface area contributed by atoms with Crippen molar-refractivity contribution in [2.75, 3.05) is 19.8 Å². The molecule has 0 radical (unpaired) electrons. The summed E-state index contributed by atoms with van der Waals surface area (Å²) in [7, 11) is 0. The second-order valence-electron chi connectivity index (χ2n) is 4.95. The summed E-state index contributed by atoms with van der Waals surface area (Å²) in [6.07, 6.45) is 3.63. The smallest absolute Gasteiger partial charge is 0.254 e. The van der Waals surface area contributed by atoms with Gasteiger partial charge in [-0.3, -0.25) is 4.79 Å². The topological polar surface area (TPSA) is 51.2 Å². The number of nitrogens with one attached hydrogen (secondary N) is 1. The first-order chi connectivity index (χ1) is 8.61. The number of hydrogen-bond acceptors (Lipinski definition) is 3. The highest BCUT2D eigenvalue weighted by atomic mass is 79.9. The number of pyridine rings is 1. The molecule has 1 saturated heterocycles. The fourth-order valence-corrected chi connectivity index (χ4v) is 2.42. The van der Waals surface area contributed by atoms with Crippen LogP contribution in [-0.2, 0) is 4.74 Å². The Balaban J connectivity index is 1.94. The van der Waals surface area contributed by atoms with Crippen LogP contribution < -0.4 is 5.32 Å². The van der Waals surface area contributed by atoms with Gasteiger partial charge in [0.2, 0.25) is 0 Å². The number of aromatic nitrogens is 1. The molecule has 1 aliphatic rings. The largest absolute Gasteiger partial charge is 0.381 e. The molecular weight excluding hydrogens is 296 g/mol. The maximum Gasteiger partial charge on any atom is 0.254 e. The number of amides is 1. The molecule has 1 aliphatic heterocycles. The number of hydrogen-bond donors (Lipinski definition) is 1. The van der Waals surface area contributed by atoms with Crippen molar-refractivity contribution in [2.24, 2.45) is 5.41 Å². The van der Waals surface area contributed by atoms with Gasteiger partial charge in [0.1, 0.15) is 4.60 Å². The first-order valence-corrected chi connectivity index (χ1v) is 6.86. The van der Waals surface area contributed by atoms with Crippen LogP contribution in [0.4, 0.5) is 0 Å². The van der Waals surface area contributed by atoms with Crippen LogP contribution in [0.25, 0.3) is 0 Å². The molecule has 98 valence electrons. The van der Waals surface area contributed by atoms with Crippen molar-refractivity contribution < 1.29 is 9.53 Å². The third-order valence-corrected chi connectivity index (χ3v) is 4.01. The number of rotatable bonds is 3. The molecule has 1 fully saturated rings. The molecule has 1 aromatic heterocycles. The van der Waals surface area contributed by atoms with Crippen molar-refractivity contribution >= 4 is 21.8 Å². The molecule has 0 saturated carbocycles. The second kappa shape index (κ2) is 5.80. The number of carbonyl (C=O) groups is 1. The van der Waals surface area contributed by atoms with Crippen LogP contribution in [0.1, 0.15) is 30.1 Å². The molecule has 0 aromatic carbocycles. The summed E-state index contributed by atoms with van der Waals surface area (Å²) >= 11 is 3.28. The van der Waals surface area contributed by atoms with Crippen molar-refractivity contribution in [2.45, 2.75) is 19.8 Å². The van der Waals surface area contributed by atoms with Gasteiger partial charge in [0.25, 0.3) is 5.91 Å². The lowest BCUT2D eigenvalue weighted by Gasteiger charge is -2.33. The average molecular weight is 313 g/mol. The van der Waals surface area contributed by atoms with Crippen LogP contribution in [0.15, 0.2) is 22.9 Å². The molecule has 0 unspecified atom stereocenters. The van der Waals surface area contributed by atoms with Crippen molar-refractivity contribution in [3.8, 4) is 0 Å². The summed E-state index contributed by atoms with van der Waals surface area (Å²) in [6.45, 7) is 4.43. The highest BCUT2D eigenvalue weighted by Crippen LogP contribution is 2.28. The van der Waals surface area contributed by atoms with Crippen LogP contribution in [0.5, 0.6) is 0 Å². The van der Waals surface area contributed by atoms with Gasteiger partial charge in [-0.15, -0.1) is 0 Å². The quantitative estimate of drug-likeness (QED) is 0.872. The fourth-order valence-electron chi connectivity index (χ4n) is 1.99. The van der Waals surface area contributed by atoms with Gasteiger partial charge in [-0.25, -0.2) is 4.98 Å². The third-order valence-electron chi connectivity index (χ3n) is 3.38. The Kier molecular flexibility index (Phi) is 4.35. The molecule has 0 spiro atoms. The van der Waals surface area contributed by atoms with E-state index in [0.29, 0.717) is 16.7 Å². The lowest BCUT2D eigenvalue weighted by atomic mass is 9.82. The van der Waals surface area contributed by atoms with Crippen LogP contribution >= 0.6 is 15.9 Å². The van der Waals surface area contributed by atoms with Crippen molar-refractivity contribution in [3.63, 3.8) is 0 Å². The van der Waals surface area contributed by atoms with E-state index in [1.54, 1.807) is 18.3 Å². The molecule has 2 rings (SSSR count). The summed E-state index contributed by atoms with van der Waals surface area (Å²) in [5.41, 5.74) is 0.718. The lowest BCUT2D eigenvalue weighted by Crippen LogP contribution is -2.39. The molecule has 1 aromatic rings. The maximum absolute atomic E-state index is 12.0. The second-order valence-corrected chi connectivity index (χ2v) is 5.70. The zero-order valence-corrected chi connectivity index (χ0v) is 12.0. The van der Waals surface area contributed by atoms with Crippen molar-refractivity contribution in [1.82, 2.24) is 10.3 Å². The zero-order chi connectivity index (χ0) is 13.0. The first-order valence-electron chi connectivity index (χ1n) is 6.07. The van der Waals surface area contributed by atoms with E-state index in [0.717, 1.165) is 26.1 Å². The van der Waals surface area contributed by atoms with Gasteiger partial charge in [0.05, 0.1) is 5.56 Å². The minimum Gasteiger partial charge on any atom is -0.381 e. The van der Waals surface area contributed by atoms with Crippen LogP contribution in [0.3, 0.4) is 0 Å². The molecule has 1 amide bonds. The SMILES string of the molecule is CC1(CNC(=O)c2cccnc2Br)CCOCC1. The summed E-state index contributed by atoms with van der Waals surface area (Å²) < 4.78 is 5.93. The van der Waals surface area contributed by atoms with E-state index >= 15 is 0 Å². The Bertz CT molecular complexity index is 431. The highest BCUT2D eigenvalue weighted by molar-refractivity contribution is 9.10. The minimum absolute atomic E-state index is 0.0808. The molecule has 4 nitrogen and oxygen atoms in total. The van der Waals surface area contributed by atoms with Crippen molar-refractivity contribution in [3.05, 3.63) is 28.5 Å². The van der Waals surface area contributed by atoms with E-state index in [-0.39, 0.29) is 11.3 Å². The van der Waals surface area contributed by atoms with Gasteiger partial charge in [0.15, 0.2) is 0 Å². The molecule has 0 atom stereocenters. The summed E-state index contributed by atoms with van der Waals surface area (Å²) in [5.74, 6) is -0.0808. The number of nitrogens with zero attached hydrogens (tertiary/aromatic N) is 1. The van der Waals surface area contributed by atoms with E-state index in [9.17, 15) is 4.79 Å². The maximum atomic E-state index is 12.0. The number of carbonyl (C=O) groups excluding carboxylic acids is 1.